The topological polar surface area (TPSA) is 51.2 Å². The highest BCUT2D eigenvalue weighted by atomic mass is 19.1. The lowest BCUT2D eigenvalue weighted by Crippen LogP contribution is -2.57. The van der Waals surface area contributed by atoms with Crippen LogP contribution in [0.3, 0.4) is 0 Å². The lowest BCUT2D eigenvalue weighted by molar-refractivity contribution is -0.135. The highest BCUT2D eigenvalue weighted by Crippen LogP contribution is 2.23. The first-order valence-electron chi connectivity index (χ1n) is 11.1. The van der Waals surface area contributed by atoms with Gasteiger partial charge in [0.25, 0.3) is 0 Å². The van der Waals surface area contributed by atoms with Crippen LogP contribution in [0.25, 0.3) is 0 Å². The summed E-state index contributed by atoms with van der Waals surface area (Å²) in [5.74, 6) is 0.914. The van der Waals surface area contributed by atoms with Gasteiger partial charge in [-0.25, -0.2) is 4.39 Å². The summed E-state index contributed by atoms with van der Waals surface area (Å²) in [5.41, 5.74) is 0.737. The Morgan fingerprint density at radius 3 is 2.40 bits per heavy atom. The number of nitrogens with one attached hydrogen (secondary N) is 1. The molecule has 0 radical (unpaired) electrons. The summed E-state index contributed by atoms with van der Waals surface area (Å²) in [5, 5.41) is 3.47. The third-order valence-corrected chi connectivity index (χ3v) is 6.44. The second-order valence-corrected chi connectivity index (χ2v) is 9.03. The van der Waals surface area contributed by atoms with Gasteiger partial charge in [0.1, 0.15) is 5.82 Å². The van der Waals surface area contributed by atoms with Gasteiger partial charge in [-0.3, -0.25) is 14.7 Å². The summed E-state index contributed by atoms with van der Waals surface area (Å²) in [6, 6.07) is 6.73. The van der Waals surface area contributed by atoms with E-state index in [2.05, 4.69) is 34.0 Å². The van der Waals surface area contributed by atoms with Gasteiger partial charge in [0.15, 0.2) is 5.96 Å². The van der Waals surface area contributed by atoms with Crippen molar-refractivity contribution in [2.75, 3.05) is 52.9 Å². The van der Waals surface area contributed by atoms with E-state index in [1.165, 1.54) is 6.07 Å². The molecule has 1 unspecified atom stereocenters. The minimum absolute atomic E-state index is 0.0628. The van der Waals surface area contributed by atoms with Crippen molar-refractivity contribution in [3.8, 4) is 0 Å². The van der Waals surface area contributed by atoms with Crippen molar-refractivity contribution in [2.45, 2.75) is 45.1 Å². The fourth-order valence-electron chi connectivity index (χ4n) is 4.32. The molecule has 0 aliphatic carbocycles. The van der Waals surface area contributed by atoms with Crippen LogP contribution in [0, 0.1) is 5.82 Å². The van der Waals surface area contributed by atoms with E-state index in [0.29, 0.717) is 6.54 Å². The lowest BCUT2D eigenvalue weighted by atomic mass is 9.84. The van der Waals surface area contributed by atoms with E-state index in [1.54, 1.807) is 19.2 Å². The largest absolute Gasteiger partial charge is 0.355 e. The number of hydrogen-bond acceptors (Lipinski definition) is 3. The van der Waals surface area contributed by atoms with Crippen LogP contribution in [-0.2, 0) is 10.2 Å². The number of nitrogens with zero attached hydrogens (tertiary/aromatic N) is 4. The molecule has 0 spiro atoms. The number of rotatable bonds is 5. The van der Waals surface area contributed by atoms with Crippen molar-refractivity contribution in [1.29, 1.82) is 0 Å². The van der Waals surface area contributed by atoms with Crippen LogP contribution in [-0.4, -0.2) is 85.5 Å². The molecular formula is C23H36FN5O. The normalized spacial score (nSPS) is 19.8. The van der Waals surface area contributed by atoms with Gasteiger partial charge in [-0.15, -0.1) is 0 Å². The average Bonchev–Trinajstić information content (AvgIpc) is 3.28. The molecule has 0 saturated carbocycles. The first-order chi connectivity index (χ1) is 14.3. The van der Waals surface area contributed by atoms with E-state index in [0.717, 1.165) is 63.6 Å². The van der Waals surface area contributed by atoms with E-state index < -0.39 is 0 Å². The number of benzene rings is 1. The first-order valence-corrected chi connectivity index (χ1v) is 11.1. The fraction of sp³-hybridized carbons (Fsp3) is 0.652. The number of likely N-dealkylation sites (tertiary alicyclic amines) is 1. The Morgan fingerprint density at radius 1 is 1.13 bits per heavy atom. The molecule has 1 aromatic rings. The van der Waals surface area contributed by atoms with Gasteiger partial charge in [-0.1, -0.05) is 26.0 Å². The Labute approximate surface area is 180 Å². The third-order valence-electron chi connectivity index (χ3n) is 6.44. The molecule has 1 N–H and O–H groups in total. The highest BCUT2D eigenvalue weighted by Gasteiger charge is 2.31. The molecule has 0 bridgehead atoms. The third kappa shape index (κ3) is 5.31. The minimum Gasteiger partial charge on any atom is -0.355 e. The van der Waals surface area contributed by atoms with Gasteiger partial charge in [-0.2, -0.15) is 0 Å². The quantitative estimate of drug-likeness (QED) is 0.590. The molecular weight excluding hydrogens is 381 g/mol. The molecule has 1 amide bonds. The Morgan fingerprint density at radius 2 is 1.80 bits per heavy atom. The Bertz CT molecular complexity index is 752. The van der Waals surface area contributed by atoms with Crippen molar-refractivity contribution in [1.82, 2.24) is 20.0 Å². The Kier molecular flexibility index (Phi) is 7.34. The molecule has 6 nitrogen and oxygen atoms in total. The smallest absolute Gasteiger partial charge is 0.239 e. The van der Waals surface area contributed by atoms with Crippen LogP contribution in [0.4, 0.5) is 4.39 Å². The number of halogens is 1. The molecule has 2 saturated heterocycles. The monoisotopic (exact) mass is 417 g/mol. The van der Waals surface area contributed by atoms with E-state index in [4.69, 9.17) is 0 Å². The fourth-order valence-corrected chi connectivity index (χ4v) is 4.32. The van der Waals surface area contributed by atoms with Crippen LogP contribution in [0.2, 0.25) is 0 Å². The van der Waals surface area contributed by atoms with E-state index >= 15 is 0 Å². The molecule has 2 aliphatic rings. The standard InChI is InChI=1S/C23H36FN5O/c1-18(21(30)28-10-5-6-11-28)27-12-14-29(15-13-27)22(25-4)26-17-23(2,3)19-8-7-9-20(24)16-19/h7-9,16,18H,5-6,10-15,17H2,1-4H3,(H,25,26). The Hall–Kier alpha value is -2.15. The number of carbonyl (C=O) groups is 1. The molecule has 2 aliphatic heterocycles. The molecule has 166 valence electrons. The molecule has 1 atom stereocenters. The number of hydrogen-bond donors (Lipinski definition) is 1. The van der Waals surface area contributed by atoms with Crippen LogP contribution in [0.1, 0.15) is 39.2 Å². The SMILES string of the molecule is CN=C(NCC(C)(C)c1cccc(F)c1)N1CCN(C(C)C(=O)N2CCCC2)CC1. The molecule has 0 aromatic heterocycles. The number of carbonyl (C=O) groups excluding carboxylic acids is 1. The van der Waals surface area contributed by atoms with Crippen molar-refractivity contribution in [3.05, 3.63) is 35.6 Å². The van der Waals surface area contributed by atoms with Crippen LogP contribution < -0.4 is 5.32 Å². The van der Waals surface area contributed by atoms with Crippen molar-refractivity contribution in [3.63, 3.8) is 0 Å². The summed E-state index contributed by atoms with van der Waals surface area (Å²) in [4.78, 5) is 23.7. The molecule has 3 rings (SSSR count). The molecule has 7 heteroatoms. The summed E-state index contributed by atoms with van der Waals surface area (Å²) < 4.78 is 13.6. The maximum atomic E-state index is 13.6. The number of aliphatic imine (C=N–C) groups is 1. The summed E-state index contributed by atoms with van der Waals surface area (Å²) in [6.45, 7) is 12.1. The van der Waals surface area contributed by atoms with E-state index in [1.807, 2.05) is 17.9 Å². The lowest BCUT2D eigenvalue weighted by Gasteiger charge is -2.40. The van der Waals surface area contributed by atoms with Gasteiger partial charge in [-0.05, 0) is 37.5 Å². The number of guanidine groups is 1. The van der Waals surface area contributed by atoms with E-state index in [-0.39, 0.29) is 23.2 Å². The molecule has 2 heterocycles. The summed E-state index contributed by atoms with van der Waals surface area (Å²) >= 11 is 0. The van der Waals surface area contributed by atoms with Gasteiger partial charge >= 0.3 is 0 Å². The number of piperazine rings is 1. The number of amides is 1. The zero-order valence-corrected chi connectivity index (χ0v) is 18.8. The molecule has 2 fully saturated rings. The van der Waals surface area contributed by atoms with Crippen LogP contribution in [0.15, 0.2) is 29.3 Å². The second kappa shape index (κ2) is 9.77. The molecule has 1 aromatic carbocycles. The van der Waals surface area contributed by atoms with Crippen molar-refractivity contribution < 1.29 is 9.18 Å². The predicted octanol–water partition coefficient (Wildman–Crippen LogP) is 2.31. The second-order valence-electron chi connectivity index (χ2n) is 9.03. The van der Waals surface area contributed by atoms with Crippen molar-refractivity contribution in [2.24, 2.45) is 4.99 Å². The molecule has 30 heavy (non-hydrogen) atoms. The minimum atomic E-state index is -0.226. The Balaban J connectivity index is 1.51. The average molecular weight is 418 g/mol. The zero-order valence-electron chi connectivity index (χ0n) is 18.8. The maximum absolute atomic E-state index is 13.6. The van der Waals surface area contributed by atoms with Gasteiger partial charge < -0.3 is 15.1 Å². The van der Waals surface area contributed by atoms with Crippen molar-refractivity contribution >= 4 is 11.9 Å². The maximum Gasteiger partial charge on any atom is 0.239 e. The highest BCUT2D eigenvalue weighted by molar-refractivity contribution is 5.82. The van der Waals surface area contributed by atoms with Gasteiger partial charge in [0, 0.05) is 58.3 Å². The van der Waals surface area contributed by atoms with Gasteiger partial charge in [0.2, 0.25) is 5.91 Å². The van der Waals surface area contributed by atoms with Crippen LogP contribution in [0.5, 0.6) is 0 Å². The van der Waals surface area contributed by atoms with Crippen LogP contribution >= 0.6 is 0 Å². The van der Waals surface area contributed by atoms with Gasteiger partial charge in [0.05, 0.1) is 6.04 Å². The predicted molar refractivity (Wildman–Crippen MR) is 119 cm³/mol. The summed E-state index contributed by atoms with van der Waals surface area (Å²) in [7, 11) is 1.80. The zero-order chi connectivity index (χ0) is 21.7. The van der Waals surface area contributed by atoms with E-state index in [9.17, 15) is 9.18 Å². The first kappa shape index (κ1) is 22.5. The summed E-state index contributed by atoms with van der Waals surface area (Å²) in [6.07, 6.45) is 2.25.